The topological polar surface area (TPSA) is 53.4 Å². The standard InChI is InChI=1S/C24H18Br2N2O3/c1-30-18-10-8-15(22(14-18)31-2)9-11-21-19-12-16(25)13-20(26)24(29)23(19)28(27-21)17-6-4-3-5-7-17/h3-14H,1-2H3. The van der Waals surface area contributed by atoms with Crippen LogP contribution in [-0.2, 0) is 0 Å². The number of benzene rings is 2. The zero-order valence-corrected chi connectivity index (χ0v) is 20.0. The number of aromatic nitrogens is 2. The van der Waals surface area contributed by atoms with E-state index in [1.165, 1.54) is 0 Å². The Bertz CT molecular complexity index is 1350. The smallest absolute Gasteiger partial charge is 0.219 e. The van der Waals surface area contributed by atoms with Crippen molar-refractivity contribution in [3.63, 3.8) is 0 Å². The van der Waals surface area contributed by atoms with Crippen LogP contribution in [0.25, 0.3) is 28.7 Å². The molecule has 1 heterocycles. The van der Waals surface area contributed by atoms with Gasteiger partial charge in [0.25, 0.3) is 0 Å². The molecule has 0 aliphatic rings. The minimum atomic E-state index is -0.140. The van der Waals surface area contributed by atoms with Gasteiger partial charge >= 0.3 is 0 Å². The first-order chi connectivity index (χ1) is 15.0. The maximum atomic E-state index is 13.1. The summed E-state index contributed by atoms with van der Waals surface area (Å²) in [4.78, 5) is 13.1. The normalized spacial score (nSPS) is 11.2. The third-order valence-electron chi connectivity index (χ3n) is 4.79. The summed E-state index contributed by atoms with van der Waals surface area (Å²) in [6.45, 7) is 0. The molecule has 0 saturated carbocycles. The van der Waals surface area contributed by atoms with Crippen molar-refractivity contribution in [3.05, 3.63) is 91.1 Å². The van der Waals surface area contributed by atoms with Gasteiger partial charge in [-0.05, 0) is 64.5 Å². The van der Waals surface area contributed by atoms with Crippen molar-refractivity contribution in [2.75, 3.05) is 14.2 Å². The lowest BCUT2D eigenvalue weighted by Crippen LogP contribution is -2.06. The van der Waals surface area contributed by atoms with Crippen LogP contribution in [0.4, 0.5) is 0 Å². The molecule has 0 fully saturated rings. The zero-order valence-electron chi connectivity index (χ0n) is 16.8. The van der Waals surface area contributed by atoms with Gasteiger partial charge in [0.05, 0.1) is 30.1 Å². The number of rotatable bonds is 5. The molecule has 4 aromatic rings. The van der Waals surface area contributed by atoms with Crippen LogP contribution >= 0.6 is 31.9 Å². The van der Waals surface area contributed by atoms with Crippen LogP contribution < -0.4 is 14.9 Å². The fourth-order valence-electron chi connectivity index (χ4n) is 3.29. The second kappa shape index (κ2) is 9.08. The maximum Gasteiger partial charge on any atom is 0.219 e. The van der Waals surface area contributed by atoms with Crippen LogP contribution in [0.15, 0.2) is 74.4 Å². The molecule has 0 bridgehead atoms. The molecule has 0 radical (unpaired) electrons. The molecular formula is C24H18Br2N2O3. The van der Waals surface area contributed by atoms with Crippen molar-refractivity contribution in [2.24, 2.45) is 0 Å². The van der Waals surface area contributed by atoms with Gasteiger partial charge in [0.15, 0.2) is 0 Å². The molecule has 0 spiro atoms. The number of ether oxygens (including phenoxy) is 2. The molecule has 1 aromatic heterocycles. The highest BCUT2D eigenvalue weighted by Crippen LogP contribution is 2.29. The van der Waals surface area contributed by atoms with Gasteiger partial charge in [-0.1, -0.05) is 34.1 Å². The van der Waals surface area contributed by atoms with Gasteiger partial charge in [0.2, 0.25) is 5.43 Å². The Morgan fingerprint density at radius 3 is 2.42 bits per heavy atom. The number of methoxy groups -OCH3 is 2. The third-order valence-corrected chi connectivity index (χ3v) is 5.84. The van der Waals surface area contributed by atoms with Gasteiger partial charge in [0.1, 0.15) is 17.0 Å². The molecular weight excluding hydrogens is 524 g/mol. The van der Waals surface area contributed by atoms with E-state index in [2.05, 4.69) is 31.9 Å². The van der Waals surface area contributed by atoms with Gasteiger partial charge in [0, 0.05) is 21.5 Å². The van der Waals surface area contributed by atoms with Gasteiger partial charge < -0.3 is 9.47 Å². The fraction of sp³-hybridized carbons (Fsp3) is 0.0833. The lowest BCUT2D eigenvalue weighted by molar-refractivity contribution is 0.394. The SMILES string of the molecule is COc1ccc(C=Cc2nn(-c3ccccc3)c3c(=O)c(Br)cc(Br)cc23)c(OC)c1. The van der Waals surface area contributed by atoms with Crippen molar-refractivity contribution < 1.29 is 9.47 Å². The monoisotopic (exact) mass is 540 g/mol. The van der Waals surface area contributed by atoms with E-state index in [1.54, 1.807) is 25.0 Å². The number of nitrogens with zero attached hydrogens (tertiary/aromatic N) is 2. The molecule has 0 atom stereocenters. The Kier molecular flexibility index (Phi) is 6.25. The average molecular weight is 542 g/mol. The third kappa shape index (κ3) is 4.29. The van der Waals surface area contributed by atoms with E-state index in [4.69, 9.17) is 14.6 Å². The number of hydrogen-bond acceptors (Lipinski definition) is 4. The summed E-state index contributed by atoms with van der Waals surface area (Å²) in [5.74, 6) is 1.39. The van der Waals surface area contributed by atoms with E-state index >= 15 is 0 Å². The number of halogens is 2. The second-order valence-electron chi connectivity index (χ2n) is 6.69. The Balaban J connectivity index is 1.95. The van der Waals surface area contributed by atoms with E-state index < -0.39 is 0 Å². The molecule has 4 rings (SSSR count). The van der Waals surface area contributed by atoms with E-state index in [0.29, 0.717) is 27.2 Å². The summed E-state index contributed by atoms with van der Waals surface area (Å²) in [6.07, 6.45) is 3.79. The Labute approximate surface area is 196 Å². The Morgan fingerprint density at radius 2 is 1.71 bits per heavy atom. The van der Waals surface area contributed by atoms with Gasteiger partial charge in [-0.3, -0.25) is 4.79 Å². The van der Waals surface area contributed by atoms with Crippen molar-refractivity contribution in [2.45, 2.75) is 0 Å². The van der Waals surface area contributed by atoms with Crippen molar-refractivity contribution in [1.82, 2.24) is 9.78 Å². The molecule has 0 aliphatic carbocycles. The average Bonchev–Trinajstić information content (AvgIpc) is 3.09. The number of para-hydroxylation sites is 1. The Morgan fingerprint density at radius 1 is 0.935 bits per heavy atom. The van der Waals surface area contributed by atoms with E-state index in [-0.39, 0.29) is 5.43 Å². The number of fused-ring (bicyclic) bond motifs is 1. The van der Waals surface area contributed by atoms with Gasteiger partial charge in [-0.15, -0.1) is 0 Å². The first-order valence-electron chi connectivity index (χ1n) is 9.39. The molecule has 0 unspecified atom stereocenters. The van der Waals surface area contributed by atoms with Crippen LogP contribution in [0.2, 0.25) is 0 Å². The lowest BCUT2D eigenvalue weighted by Gasteiger charge is -2.07. The quantitative estimate of drug-likeness (QED) is 0.306. The minimum Gasteiger partial charge on any atom is -0.497 e. The fourth-order valence-corrected chi connectivity index (χ4v) is 4.49. The summed E-state index contributed by atoms with van der Waals surface area (Å²) in [5.41, 5.74) is 2.69. The molecule has 7 heteroatoms. The zero-order chi connectivity index (χ0) is 22.0. The predicted octanol–water partition coefficient (Wildman–Crippen LogP) is 6.10. The van der Waals surface area contributed by atoms with Crippen LogP contribution in [0.3, 0.4) is 0 Å². The van der Waals surface area contributed by atoms with Crippen LogP contribution in [-0.4, -0.2) is 24.0 Å². The first-order valence-corrected chi connectivity index (χ1v) is 11.0. The van der Waals surface area contributed by atoms with E-state index in [0.717, 1.165) is 21.1 Å². The predicted molar refractivity (Wildman–Crippen MR) is 131 cm³/mol. The molecule has 0 N–H and O–H groups in total. The largest absolute Gasteiger partial charge is 0.497 e. The first kappa shape index (κ1) is 21.3. The highest BCUT2D eigenvalue weighted by Gasteiger charge is 2.15. The van der Waals surface area contributed by atoms with Crippen LogP contribution in [0.5, 0.6) is 11.5 Å². The summed E-state index contributed by atoms with van der Waals surface area (Å²) in [7, 11) is 3.23. The van der Waals surface area contributed by atoms with E-state index in [1.807, 2.05) is 66.7 Å². The minimum absolute atomic E-state index is 0.140. The highest BCUT2D eigenvalue weighted by atomic mass is 79.9. The van der Waals surface area contributed by atoms with Crippen molar-refractivity contribution in [1.29, 1.82) is 0 Å². The number of hydrogen-bond donors (Lipinski definition) is 0. The van der Waals surface area contributed by atoms with Crippen molar-refractivity contribution >= 4 is 54.9 Å². The van der Waals surface area contributed by atoms with Gasteiger partial charge in [-0.25, -0.2) is 4.68 Å². The lowest BCUT2D eigenvalue weighted by atomic mass is 10.1. The van der Waals surface area contributed by atoms with Crippen LogP contribution in [0, 0.1) is 0 Å². The molecule has 0 aliphatic heterocycles. The Hall–Kier alpha value is -2.90. The second-order valence-corrected chi connectivity index (χ2v) is 8.46. The summed E-state index contributed by atoms with van der Waals surface area (Å²) in [5, 5.41) is 5.49. The van der Waals surface area contributed by atoms with E-state index in [9.17, 15) is 4.79 Å². The molecule has 0 saturated heterocycles. The van der Waals surface area contributed by atoms with Crippen molar-refractivity contribution in [3.8, 4) is 17.2 Å². The summed E-state index contributed by atoms with van der Waals surface area (Å²) in [6, 6.07) is 18.8. The molecule has 31 heavy (non-hydrogen) atoms. The molecule has 3 aromatic carbocycles. The van der Waals surface area contributed by atoms with Gasteiger partial charge in [-0.2, -0.15) is 5.10 Å². The molecule has 0 amide bonds. The maximum absolute atomic E-state index is 13.1. The summed E-state index contributed by atoms with van der Waals surface area (Å²) < 4.78 is 13.7. The van der Waals surface area contributed by atoms with Crippen LogP contribution in [0.1, 0.15) is 11.3 Å². The highest BCUT2D eigenvalue weighted by molar-refractivity contribution is 9.11. The molecule has 5 nitrogen and oxygen atoms in total. The molecule has 156 valence electrons. The summed E-state index contributed by atoms with van der Waals surface area (Å²) >= 11 is 6.91.